The maximum Gasteiger partial charge on any atom is 0.161 e. The molecule has 0 unspecified atom stereocenters. The summed E-state index contributed by atoms with van der Waals surface area (Å²) in [4.78, 5) is 0. The van der Waals surface area contributed by atoms with E-state index in [1.807, 2.05) is 19.1 Å². The maximum absolute atomic E-state index is 14.0. The largest absolute Gasteiger partial charge is 0.209 e. The first kappa shape index (κ1) is 22.3. The molecule has 0 atom stereocenters. The van der Waals surface area contributed by atoms with Crippen molar-refractivity contribution in [2.75, 3.05) is 0 Å². The number of hydrogen-bond acceptors (Lipinski definition) is 0. The number of halogens is 2. The molecule has 2 rings (SSSR count). The van der Waals surface area contributed by atoms with Gasteiger partial charge in [-0.25, -0.2) is 8.78 Å². The second kappa shape index (κ2) is 12.5. The monoisotopic (exact) mass is 384 g/mol. The Kier molecular flexibility index (Phi) is 9.96. The predicted molar refractivity (Wildman–Crippen MR) is 117 cm³/mol. The highest BCUT2D eigenvalue weighted by molar-refractivity contribution is 5.61. The van der Waals surface area contributed by atoms with Crippen molar-refractivity contribution in [1.82, 2.24) is 0 Å². The van der Waals surface area contributed by atoms with Crippen molar-refractivity contribution in [3.63, 3.8) is 0 Å². The normalized spacial score (nSPS) is 12.1. The van der Waals surface area contributed by atoms with Crippen molar-refractivity contribution in [1.29, 1.82) is 0 Å². The summed E-state index contributed by atoms with van der Waals surface area (Å²) in [6, 6.07) is 16.1. The van der Waals surface area contributed by atoms with Crippen LogP contribution in [0.4, 0.5) is 8.78 Å². The van der Waals surface area contributed by atoms with Gasteiger partial charge < -0.3 is 0 Å². The van der Waals surface area contributed by atoms with Crippen LogP contribution in [0.3, 0.4) is 0 Å². The van der Waals surface area contributed by atoms with E-state index in [0.29, 0.717) is 12.0 Å². The maximum atomic E-state index is 14.0. The Morgan fingerprint density at radius 1 is 0.607 bits per heavy atom. The Hall–Kier alpha value is -1.96. The van der Waals surface area contributed by atoms with Crippen molar-refractivity contribution >= 4 is 5.83 Å². The lowest BCUT2D eigenvalue weighted by molar-refractivity contribution is 0.559. The Morgan fingerprint density at radius 2 is 1.11 bits per heavy atom. The van der Waals surface area contributed by atoms with Gasteiger partial charge in [0.05, 0.1) is 0 Å². The van der Waals surface area contributed by atoms with Gasteiger partial charge in [0, 0.05) is 12.0 Å². The van der Waals surface area contributed by atoms with Gasteiger partial charge >= 0.3 is 0 Å². The molecule has 28 heavy (non-hydrogen) atoms. The predicted octanol–water partition coefficient (Wildman–Crippen LogP) is 8.39. The number of benzene rings is 2. The molecule has 2 aromatic rings. The molecule has 0 fully saturated rings. The standard InChI is InChI=1S/C26H34F2/c1-3-5-6-7-8-10-21-11-13-22(14-12-21)15-16-23-17-19-24(20-18-23)26(28)25(27)9-4-2/h11-14,17-20H,3-10,15-16H2,1-2H3/b26-25-. The zero-order valence-electron chi connectivity index (χ0n) is 17.4. The third-order valence-electron chi connectivity index (χ3n) is 5.21. The molecule has 0 aliphatic heterocycles. The second-order valence-corrected chi connectivity index (χ2v) is 7.65. The van der Waals surface area contributed by atoms with Gasteiger partial charge in [-0.1, -0.05) is 88.1 Å². The summed E-state index contributed by atoms with van der Waals surface area (Å²) in [5, 5.41) is 0. The first-order chi connectivity index (χ1) is 13.6. The summed E-state index contributed by atoms with van der Waals surface area (Å²) in [5.41, 5.74) is 4.21. The zero-order chi connectivity index (χ0) is 20.2. The summed E-state index contributed by atoms with van der Waals surface area (Å²) in [7, 11) is 0. The van der Waals surface area contributed by atoms with E-state index in [1.165, 1.54) is 49.7 Å². The molecule has 0 spiro atoms. The van der Waals surface area contributed by atoms with Gasteiger partial charge in [-0.05, 0) is 48.8 Å². The van der Waals surface area contributed by atoms with Crippen LogP contribution in [0.2, 0.25) is 0 Å². The van der Waals surface area contributed by atoms with E-state index in [-0.39, 0.29) is 6.42 Å². The fourth-order valence-corrected chi connectivity index (χ4v) is 3.40. The highest BCUT2D eigenvalue weighted by atomic mass is 19.2. The van der Waals surface area contributed by atoms with Gasteiger partial charge in [0.1, 0.15) is 5.83 Å². The molecule has 0 radical (unpaired) electrons. The van der Waals surface area contributed by atoms with Crippen molar-refractivity contribution in [2.24, 2.45) is 0 Å². The Balaban J connectivity index is 1.81. The van der Waals surface area contributed by atoms with Gasteiger partial charge in [-0.15, -0.1) is 0 Å². The molecule has 0 aliphatic carbocycles. The van der Waals surface area contributed by atoms with Crippen LogP contribution in [0, 0.1) is 0 Å². The second-order valence-electron chi connectivity index (χ2n) is 7.65. The van der Waals surface area contributed by atoms with Crippen LogP contribution in [0.1, 0.15) is 81.0 Å². The van der Waals surface area contributed by atoms with Gasteiger partial charge in [0.25, 0.3) is 0 Å². The van der Waals surface area contributed by atoms with Crippen molar-refractivity contribution in [3.8, 4) is 0 Å². The van der Waals surface area contributed by atoms with Crippen LogP contribution < -0.4 is 0 Å². The van der Waals surface area contributed by atoms with Crippen LogP contribution in [0.25, 0.3) is 5.83 Å². The van der Waals surface area contributed by atoms with Crippen LogP contribution in [-0.2, 0) is 19.3 Å². The lowest BCUT2D eigenvalue weighted by atomic mass is 10.00. The summed E-state index contributed by atoms with van der Waals surface area (Å²) < 4.78 is 27.6. The molecular weight excluding hydrogens is 350 g/mol. The SMILES string of the molecule is CCCCCCCc1ccc(CCc2ccc(/C(F)=C(/F)CCC)cc2)cc1. The average molecular weight is 385 g/mol. The molecule has 0 heterocycles. The van der Waals surface area contributed by atoms with Crippen LogP contribution in [-0.4, -0.2) is 0 Å². The number of aryl methyl sites for hydroxylation is 3. The molecule has 0 bridgehead atoms. The minimum atomic E-state index is -0.723. The average Bonchev–Trinajstić information content (AvgIpc) is 2.73. The lowest BCUT2D eigenvalue weighted by Crippen LogP contribution is -1.93. The molecule has 2 aromatic carbocycles. The van der Waals surface area contributed by atoms with Gasteiger partial charge in [-0.2, -0.15) is 0 Å². The number of allylic oxidation sites excluding steroid dienone is 1. The van der Waals surface area contributed by atoms with Gasteiger partial charge in [0.15, 0.2) is 5.83 Å². The topological polar surface area (TPSA) is 0 Å². The molecule has 2 heteroatoms. The van der Waals surface area contributed by atoms with E-state index in [4.69, 9.17) is 0 Å². The summed E-state index contributed by atoms with van der Waals surface area (Å²) in [6.07, 6.45) is 10.4. The Bertz CT molecular complexity index is 711. The van der Waals surface area contributed by atoms with E-state index in [9.17, 15) is 8.78 Å². The van der Waals surface area contributed by atoms with E-state index in [2.05, 4.69) is 31.2 Å². The quantitative estimate of drug-likeness (QED) is 0.322. The summed E-state index contributed by atoms with van der Waals surface area (Å²) in [6.45, 7) is 4.09. The fourth-order valence-electron chi connectivity index (χ4n) is 3.40. The molecule has 0 nitrogen and oxygen atoms in total. The minimum absolute atomic E-state index is 0.155. The first-order valence-electron chi connectivity index (χ1n) is 10.8. The highest BCUT2D eigenvalue weighted by Gasteiger charge is 2.08. The van der Waals surface area contributed by atoms with Crippen molar-refractivity contribution in [2.45, 2.75) is 78.1 Å². The number of hydrogen-bond donors (Lipinski definition) is 0. The molecule has 152 valence electrons. The molecule has 0 aromatic heterocycles. The van der Waals surface area contributed by atoms with Crippen LogP contribution in [0.15, 0.2) is 54.4 Å². The molecule has 0 saturated heterocycles. The molecule has 0 aliphatic rings. The van der Waals surface area contributed by atoms with Crippen LogP contribution >= 0.6 is 0 Å². The van der Waals surface area contributed by atoms with Gasteiger partial charge in [-0.3, -0.25) is 0 Å². The zero-order valence-corrected chi connectivity index (χ0v) is 17.4. The lowest BCUT2D eigenvalue weighted by Gasteiger charge is -2.06. The van der Waals surface area contributed by atoms with E-state index >= 15 is 0 Å². The smallest absolute Gasteiger partial charge is 0.161 e. The fraction of sp³-hybridized carbons (Fsp3) is 0.462. The summed E-state index contributed by atoms with van der Waals surface area (Å²) >= 11 is 0. The third-order valence-corrected chi connectivity index (χ3v) is 5.21. The third kappa shape index (κ3) is 7.58. The van der Waals surface area contributed by atoms with E-state index in [1.54, 1.807) is 12.1 Å². The van der Waals surface area contributed by atoms with Crippen molar-refractivity contribution < 1.29 is 8.78 Å². The highest BCUT2D eigenvalue weighted by Crippen LogP contribution is 2.24. The number of rotatable bonds is 12. The van der Waals surface area contributed by atoms with Gasteiger partial charge in [0.2, 0.25) is 0 Å². The molecule has 0 N–H and O–H groups in total. The molecule has 0 saturated carbocycles. The molecular formula is C26H34F2. The van der Waals surface area contributed by atoms with E-state index in [0.717, 1.165) is 18.4 Å². The summed E-state index contributed by atoms with van der Waals surface area (Å²) in [5.74, 6) is -1.38. The van der Waals surface area contributed by atoms with Crippen LogP contribution in [0.5, 0.6) is 0 Å². The minimum Gasteiger partial charge on any atom is -0.209 e. The number of unbranched alkanes of at least 4 members (excludes halogenated alkanes) is 4. The Morgan fingerprint density at radius 3 is 1.64 bits per heavy atom. The first-order valence-corrected chi connectivity index (χ1v) is 10.8. The Labute approximate surface area is 169 Å². The van der Waals surface area contributed by atoms with Crippen molar-refractivity contribution in [3.05, 3.63) is 76.6 Å². The van der Waals surface area contributed by atoms with E-state index < -0.39 is 11.7 Å². The molecule has 0 amide bonds.